The fourth-order valence-corrected chi connectivity index (χ4v) is 2.22. The van der Waals surface area contributed by atoms with Gasteiger partial charge in [0, 0.05) is 6.20 Å². The molecule has 0 bridgehead atoms. The monoisotopic (exact) mass is 292 g/mol. The number of pyridine rings is 1. The van der Waals surface area contributed by atoms with Gasteiger partial charge in [0.1, 0.15) is 6.04 Å². The van der Waals surface area contributed by atoms with Crippen LogP contribution in [0.2, 0.25) is 0 Å². The molecule has 2 aromatic heterocycles. The second-order valence-corrected chi connectivity index (χ2v) is 5.02. The molecule has 0 saturated heterocycles. The Labute approximate surface area is 118 Å². The molecule has 1 atom stereocenters. The lowest BCUT2D eigenvalue weighted by Gasteiger charge is -2.01. The minimum absolute atomic E-state index is 0.224. The molecule has 20 heavy (non-hydrogen) atoms. The molecule has 0 radical (unpaired) electrons. The lowest BCUT2D eigenvalue weighted by atomic mass is 10.2. The van der Waals surface area contributed by atoms with Gasteiger partial charge in [-0.3, -0.25) is 9.78 Å². The number of carboxylic acid groups (broad SMARTS) is 1. The van der Waals surface area contributed by atoms with Crippen LogP contribution in [-0.4, -0.2) is 26.2 Å². The molecule has 104 valence electrons. The van der Waals surface area contributed by atoms with Crippen LogP contribution in [0.3, 0.4) is 0 Å². The molecule has 0 fully saturated rings. The fraction of sp³-hybridized carbons (Fsp3) is 0.250. The van der Waals surface area contributed by atoms with Gasteiger partial charge in [0.15, 0.2) is 0 Å². The van der Waals surface area contributed by atoms with Gasteiger partial charge in [0.05, 0.1) is 17.0 Å². The average molecular weight is 292 g/mol. The number of hydrogen-bond donors (Lipinski definition) is 2. The third kappa shape index (κ3) is 3.58. The molecule has 0 saturated carbocycles. The van der Waals surface area contributed by atoms with Crippen molar-refractivity contribution in [3.8, 4) is 5.88 Å². The number of aromatic hydroxyl groups is 1. The summed E-state index contributed by atoms with van der Waals surface area (Å²) in [5.74, 6) is -1.34. The predicted molar refractivity (Wildman–Crippen MR) is 72.3 cm³/mol. The number of azo groups is 1. The first-order valence-electron chi connectivity index (χ1n) is 5.78. The van der Waals surface area contributed by atoms with E-state index in [9.17, 15) is 9.90 Å². The Bertz CT molecular complexity index is 627. The standard InChI is InChI=1S/C12H12N4O3S/c1-7(8-4-2-3-5-13-8)15-16-12-14-11(19)9(20-12)6-10(17)18/h2-5,7,19H,6H2,1H3,(H,17,18). The van der Waals surface area contributed by atoms with E-state index >= 15 is 0 Å². The highest BCUT2D eigenvalue weighted by Gasteiger charge is 2.13. The summed E-state index contributed by atoms with van der Waals surface area (Å²) in [6.07, 6.45) is 1.39. The van der Waals surface area contributed by atoms with E-state index in [0.717, 1.165) is 17.0 Å². The molecule has 0 aliphatic heterocycles. The Balaban J connectivity index is 2.10. The van der Waals surface area contributed by atoms with E-state index < -0.39 is 5.97 Å². The molecule has 2 rings (SSSR count). The first-order valence-corrected chi connectivity index (χ1v) is 6.60. The number of thiazole rings is 1. The molecule has 1 unspecified atom stereocenters. The van der Waals surface area contributed by atoms with Crippen molar-refractivity contribution in [3.05, 3.63) is 35.0 Å². The first kappa shape index (κ1) is 14.1. The van der Waals surface area contributed by atoms with E-state index in [-0.39, 0.29) is 28.4 Å². The Kier molecular flexibility index (Phi) is 4.36. The maximum absolute atomic E-state index is 10.6. The van der Waals surface area contributed by atoms with Crippen molar-refractivity contribution in [2.75, 3.05) is 0 Å². The van der Waals surface area contributed by atoms with Gasteiger partial charge in [-0.1, -0.05) is 17.4 Å². The van der Waals surface area contributed by atoms with E-state index in [4.69, 9.17) is 5.11 Å². The molecule has 7 nitrogen and oxygen atoms in total. The van der Waals surface area contributed by atoms with Crippen LogP contribution in [-0.2, 0) is 11.2 Å². The van der Waals surface area contributed by atoms with Gasteiger partial charge >= 0.3 is 5.97 Å². The molecule has 0 spiro atoms. The van der Waals surface area contributed by atoms with Crippen molar-refractivity contribution in [1.29, 1.82) is 0 Å². The summed E-state index contributed by atoms with van der Waals surface area (Å²) < 4.78 is 0. The summed E-state index contributed by atoms with van der Waals surface area (Å²) in [5.41, 5.74) is 0.766. The second kappa shape index (κ2) is 6.20. The molecule has 0 aliphatic carbocycles. The van der Waals surface area contributed by atoms with E-state index in [2.05, 4.69) is 20.2 Å². The summed E-state index contributed by atoms with van der Waals surface area (Å²) >= 11 is 1.00. The Morgan fingerprint density at radius 2 is 2.30 bits per heavy atom. The molecular formula is C12H12N4O3S. The molecule has 2 N–H and O–H groups in total. The number of carbonyl (C=O) groups is 1. The summed E-state index contributed by atoms with van der Waals surface area (Å²) in [5, 5.41) is 26.3. The smallest absolute Gasteiger partial charge is 0.308 e. The normalized spacial score (nSPS) is 12.7. The largest absolute Gasteiger partial charge is 0.492 e. The topological polar surface area (TPSA) is 108 Å². The van der Waals surface area contributed by atoms with Gasteiger partial charge in [-0.05, 0) is 19.1 Å². The Morgan fingerprint density at radius 3 is 2.95 bits per heavy atom. The summed E-state index contributed by atoms with van der Waals surface area (Å²) in [6.45, 7) is 1.83. The van der Waals surface area contributed by atoms with Crippen molar-refractivity contribution in [2.45, 2.75) is 19.4 Å². The molecule has 2 heterocycles. The van der Waals surface area contributed by atoms with Gasteiger partial charge in [0.2, 0.25) is 11.0 Å². The van der Waals surface area contributed by atoms with Crippen molar-refractivity contribution >= 4 is 22.4 Å². The van der Waals surface area contributed by atoms with E-state index in [1.807, 2.05) is 25.1 Å². The number of carboxylic acids is 1. The lowest BCUT2D eigenvalue weighted by molar-refractivity contribution is -0.136. The molecule has 0 amide bonds. The predicted octanol–water partition coefficient (Wildman–Crippen LogP) is 2.72. The van der Waals surface area contributed by atoms with Crippen LogP contribution in [0.25, 0.3) is 0 Å². The molecule has 2 aromatic rings. The van der Waals surface area contributed by atoms with Crippen LogP contribution < -0.4 is 0 Å². The fourth-order valence-electron chi connectivity index (χ4n) is 1.45. The second-order valence-electron chi connectivity index (χ2n) is 3.96. The van der Waals surface area contributed by atoms with Crippen molar-refractivity contribution in [3.63, 3.8) is 0 Å². The lowest BCUT2D eigenvalue weighted by Crippen LogP contribution is -1.97. The number of hydrogen-bond acceptors (Lipinski definition) is 7. The summed E-state index contributed by atoms with van der Waals surface area (Å²) in [6, 6.07) is 5.25. The van der Waals surface area contributed by atoms with Crippen LogP contribution in [0.15, 0.2) is 34.6 Å². The van der Waals surface area contributed by atoms with Gasteiger partial charge in [0.25, 0.3) is 0 Å². The maximum Gasteiger partial charge on any atom is 0.308 e. The molecular weight excluding hydrogens is 280 g/mol. The van der Waals surface area contributed by atoms with Crippen LogP contribution >= 0.6 is 11.3 Å². The minimum Gasteiger partial charge on any atom is -0.492 e. The Morgan fingerprint density at radius 1 is 1.50 bits per heavy atom. The van der Waals surface area contributed by atoms with E-state index in [1.54, 1.807) is 6.20 Å². The highest BCUT2D eigenvalue weighted by molar-refractivity contribution is 7.15. The van der Waals surface area contributed by atoms with Crippen LogP contribution in [0.5, 0.6) is 5.88 Å². The van der Waals surface area contributed by atoms with Crippen molar-refractivity contribution in [2.24, 2.45) is 10.2 Å². The maximum atomic E-state index is 10.6. The molecule has 8 heteroatoms. The van der Waals surface area contributed by atoms with Gasteiger partial charge in [-0.15, -0.1) is 5.11 Å². The minimum atomic E-state index is -1.03. The third-order valence-corrected chi connectivity index (χ3v) is 3.34. The zero-order chi connectivity index (χ0) is 14.5. The first-order chi connectivity index (χ1) is 9.56. The van der Waals surface area contributed by atoms with Crippen molar-refractivity contribution < 1.29 is 15.0 Å². The SMILES string of the molecule is CC(N=Nc1nc(O)c(CC(=O)O)s1)c1ccccn1. The zero-order valence-corrected chi connectivity index (χ0v) is 11.4. The van der Waals surface area contributed by atoms with Crippen molar-refractivity contribution in [1.82, 2.24) is 9.97 Å². The summed E-state index contributed by atoms with van der Waals surface area (Å²) in [7, 11) is 0. The van der Waals surface area contributed by atoms with Gasteiger partial charge in [-0.25, -0.2) is 0 Å². The molecule has 0 aromatic carbocycles. The molecule has 0 aliphatic rings. The van der Waals surface area contributed by atoms with E-state index in [0.29, 0.717) is 0 Å². The number of aliphatic carboxylic acids is 1. The number of nitrogens with zero attached hydrogens (tertiary/aromatic N) is 4. The number of aromatic nitrogens is 2. The number of rotatable bonds is 5. The zero-order valence-electron chi connectivity index (χ0n) is 10.6. The highest BCUT2D eigenvalue weighted by atomic mass is 32.1. The average Bonchev–Trinajstić information content (AvgIpc) is 2.77. The highest BCUT2D eigenvalue weighted by Crippen LogP contribution is 2.31. The van der Waals surface area contributed by atoms with Gasteiger partial charge < -0.3 is 10.2 Å². The van der Waals surface area contributed by atoms with Crippen LogP contribution in [0.1, 0.15) is 23.5 Å². The van der Waals surface area contributed by atoms with Crippen LogP contribution in [0, 0.1) is 0 Å². The third-order valence-electron chi connectivity index (χ3n) is 2.41. The van der Waals surface area contributed by atoms with Gasteiger partial charge in [-0.2, -0.15) is 10.1 Å². The van der Waals surface area contributed by atoms with E-state index in [1.165, 1.54) is 0 Å². The summed E-state index contributed by atoms with van der Waals surface area (Å²) in [4.78, 5) is 18.8. The Hall–Kier alpha value is -2.35. The quantitative estimate of drug-likeness (QED) is 0.824. The van der Waals surface area contributed by atoms with Crippen LogP contribution in [0.4, 0.5) is 5.13 Å².